The number of hydrogen-bond acceptors (Lipinski definition) is 4. The van der Waals surface area contributed by atoms with Crippen molar-refractivity contribution >= 4 is 5.91 Å². The number of nitriles is 1. The van der Waals surface area contributed by atoms with Crippen LogP contribution in [0.25, 0.3) is 0 Å². The first-order valence-electron chi connectivity index (χ1n) is 5.99. The van der Waals surface area contributed by atoms with Gasteiger partial charge < -0.3 is 9.73 Å². The van der Waals surface area contributed by atoms with Gasteiger partial charge in [-0.2, -0.15) is 5.26 Å². The molecule has 1 aromatic heterocycles. The summed E-state index contributed by atoms with van der Waals surface area (Å²) >= 11 is 0. The Morgan fingerprint density at radius 2 is 2.28 bits per heavy atom. The van der Waals surface area contributed by atoms with Gasteiger partial charge in [0.05, 0.1) is 31.5 Å². The maximum Gasteiger partial charge on any atom is 0.237 e. The molecular formula is C13H19N3O2. The molecule has 1 heterocycles. The smallest absolute Gasteiger partial charge is 0.237 e. The average molecular weight is 249 g/mol. The molecular weight excluding hydrogens is 230 g/mol. The van der Waals surface area contributed by atoms with E-state index in [9.17, 15) is 4.79 Å². The summed E-state index contributed by atoms with van der Waals surface area (Å²) in [6.07, 6.45) is 1.57. The first-order valence-corrected chi connectivity index (χ1v) is 5.99. The number of nitrogens with one attached hydrogen (secondary N) is 1. The summed E-state index contributed by atoms with van der Waals surface area (Å²) < 4.78 is 5.14. The molecule has 0 fully saturated rings. The molecule has 1 aromatic rings. The second-order valence-corrected chi connectivity index (χ2v) is 4.40. The van der Waals surface area contributed by atoms with Crippen LogP contribution in [0.5, 0.6) is 0 Å². The van der Waals surface area contributed by atoms with Crippen molar-refractivity contribution in [2.24, 2.45) is 0 Å². The quantitative estimate of drug-likeness (QED) is 0.776. The minimum Gasteiger partial charge on any atom is -0.467 e. The van der Waals surface area contributed by atoms with E-state index in [0.29, 0.717) is 12.3 Å². The van der Waals surface area contributed by atoms with Crippen LogP contribution in [0.2, 0.25) is 0 Å². The number of furan rings is 1. The Bertz CT molecular complexity index is 406. The Morgan fingerprint density at radius 1 is 1.56 bits per heavy atom. The van der Waals surface area contributed by atoms with E-state index in [-0.39, 0.29) is 24.5 Å². The van der Waals surface area contributed by atoms with E-state index in [0.717, 1.165) is 0 Å². The summed E-state index contributed by atoms with van der Waals surface area (Å²) in [5, 5.41) is 11.6. The molecule has 5 heteroatoms. The van der Waals surface area contributed by atoms with Crippen molar-refractivity contribution in [3.05, 3.63) is 24.2 Å². The fourth-order valence-electron chi connectivity index (χ4n) is 1.73. The molecule has 0 aromatic carbocycles. The van der Waals surface area contributed by atoms with Gasteiger partial charge in [-0.25, -0.2) is 0 Å². The van der Waals surface area contributed by atoms with Crippen molar-refractivity contribution < 1.29 is 9.21 Å². The normalized spacial score (nSPS) is 12.4. The van der Waals surface area contributed by atoms with E-state index in [1.807, 2.05) is 18.7 Å². The summed E-state index contributed by atoms with van der Waals surface area (Å²) in [6.45, 7) is 6.35. The van der Waals surface area contributed by atoms with Crippen LogP contribution < -0.4 is 5.32 Å². The lowest BCUT2D eigenvalue weighted by Gasteiger charge is -2.29. The van der Waals surface area contributed by atoms with Crippen LogP contribution in [0.3, 0.4) is 0 Å². The van der Waals surface area contributed by atoms with Gasteiger partial charge in [-0.1, -0.05) is 0 Å². The third-order valence-corrected chi connectivity index (χ3v) is 2.81. The third kappa shape index (κ3) is 3.90. The summed E-state index contributed by atoms with van der Waals surface area (Å²) in [5.74, 6) is 0.613. The van der Waals surface area contributed by atoms with Gasteiger partial charge in [0.2, 0.25) is 5.91 Å². The van der Waals surface area contributed by atoms with Crippen LogP contribution in [0.15, 0.2) is 22.8 Å². The van der Waals surface area contributed by atoms with Gasteiger partial charge in [-0.15, -0.1) is 0 Å². The Balaban J connectivity index is 2.51. The third-order valence-electron chi connectivity index (χ3n) is 2.81. The summed E-state index contributed by atoms with van der Waals surface area (Å²) in [6, 6.07) is 5.48. The SMILES string of the molecule is CC(C)N(CC#N)C(C)C(=O)NCc1ccco1. The molecule has 98 valence electrons. The van der Waals surface area contributed by atoms with E-state index in [1.54, 1.807) is 25.3 Å². The molecule has 0 saturated carbocycles. The highest BCUT2D eigenvalue weighted by Gasteiger charge is 2.23. The zero-order chi connectivity index (χ0) is 13.5. The summed E-state index contributed by atoms with van der Waals surface area (Å²) in [4.78, 5) is 13.8. The van der Waals surface area contributed by atoms with Crippen LogP contribution in [-0.2, 0) is 11.3 Å². The molecule has 0 spiro atoms. The molecule has 18 heavy (non-hydrogen) atoms. The predicted octanol–water partition coefficient (Wildman–Crippen LogP) is 1.52. The molecule has 0 saturated heterocycles. The van der Waals surface area contributed by atoms with Gasteiger partial charge in [-0.05, 0) is 32.9 Å². The highest BCUT2D eigenvalue weighted by molar-refractivity contribution is 5.81. The molecule has 1 atom stereocenters. The lowest BCUT2D eigenvalue weighted by molar-refractivity contribution is -0.126. The predicted molar refractivity (Wildman–Crippen MR) is 67.5 cm³/mol. The fourth-order valence-corrected chi connectivity index (χ4v) is 1.73. The van der Waals surface area contributed by atoms with Gasteiger partial charge in [-0.3, -0.25) is 9.69 Å². The highest BCUT2D eigenvalue weighted by atomic mass is 16.3. The number of hydrogen-bond donors (Lipinski definition) is 1. The van der Waals surface area contributed by atoms with Gasteiger partial charge in [0.25, 0.3) is 0 Å². The molecule has 0 aliphatic carbocycles. The number of carbonyl (C=O) groups excluding carboxylic acids is 1. The fraction of sp³-hybridized carbons (Fsp3) is 0.538. The van der Waals surface area contributed by atoms with E-state index in [2.05, 4.69) is 11.4 Å². The van der Waals surface area contributed by atoms with Crippen molar-refractivity contribution in [3.63, 3.8) is 0 Å². The Morgan fingerprint density at radius 3 is 2.78 bits per heavy atom. The van der Waals surface area contributed by atoms with Crippen LogP contribution in [0.4, 0.5) is 0 Å². The molecule has 0 bridgehead atoms. The lowest BCUT2D eigenvalue weighted by Crippen LogP contribution is -2.48. The van der Waals surface area contributed by atoms with Crippen LogP contribution >= 0.6 is 0 Å². The number of carbonyl (C=O) groups is 1. The maximum absolute atomic E-state index is 12.0. The molecule has 0 radical (unpaired) electrons. The monoisotopic (exact) mass is 249 g/mol. The van der Waals surface area contributed by atoms with Crippen molar-refractivity contribution in [1.29, 1.82) is 5.26 Å². The summed E-state index contributed by atoms with van der Waals surface area (Å²) in [5.41, 5.74) is 0. The molecule has 1 unspecified atom stereocenters. The van der Waals surface area contributed by atoms with E-state index >= 15 is 0 Å². The van der Waals surface area contributed by atoms with Crippen LogP contribution in [-0.4, -0.2) is 29.4 Å². The minimum atomic E-state index is -0.334. The Labute approximate surface area is 107 Å². The van der Waals surface area contributed by atoms with Crippen LogP contribution in [0.1, 0.15) is 26.5 Å². The van der Waals surface area contributed by atoms with Crippen molar-refractivity contribution in [3.8, 4) is 6.07 Å². The second kappa shape index (κ2) is 6.82. The summed E-state index contributed by atoms with van der Waals surface area (Å²) in [7, 11) is 0. The molecule has 1 N–H and O–H groups in total. The van der Waals surface area contributed by atoms with Gasteiger partial charge >= 0.3 is 0 Å². The first-order chi connectivity index (χ1) is 8.56. The maximum atomic E-state index is 12.0. The molecule has 5 nitrogen and oxygen atoms in total. The van der Waals surface area contributed by atoms with Gasteiger partial charge in [0.1, 0.15) is 5.76 Å². The number of nitrogens with zero attached hydrogens (tertiary/aromatic N) is 2. The Hall–Kier alpha value is -1.80. The van der Waals surface area contributed by atoms with E-state index in [1.165, 1.54) is 0 Å². The number of amides is 1. The zero-order valence-corrected chi connectivity index (χ0v) is 11.0. The molecule has 0 aliphatic heterocycles. The number of rotatable bonds is 6. The van der Waals surface area contributed by atoms with Crippen molar-refractivity contribution in [2.45, 2.75) is 39.4 Å². The van der Waals surface area contributed by atoms with E-state index in [4.69, 9.17) is 9.68 Å². The zero-order valence-electron chi connectivity index (χ0n) is 11.0. The highest BCUT2D eigenvalue weighted by Crippen LogP contribution is 2.06. The largest absolute Gasteiger partial charge is 0.467 e. The van der Waals surface area contributed by atoms with Crippen molar-refractivity contribution in [2.75, 3.05) is 6.54 Å². The van der Waals surface area contributed by atoms with Crippen molar-refractivity contribution in [1.82, 2.24) is 10.2 Å². The van der Waals surface area contributed by atoms with Crippen LogP contribution in [0, 0.1) is 11.3 Å². The van der Waals surface area contributed by atoms with Gasteiger partial charge in [0.15, 0.2) is 0 Å². The van der Waals surface area contributed by atoms with E-state index < -0.39 is 0 Å². The average Bonchev–Trinajstić information content (AvgIpc) is 2.84. The minimum absolute atomic E-state index is 0.102. The molecule has 1 rings (SSSR count). The first kappa shape index (κ1) is 14.3. The second-order valence-electron chi connectivity index (χ2n) is 4.40. The topological polar surface area (TPSA) is 69.3 Å². The lowest BCUT2D eigenvalue weighted by atomic mass is 10.2. The standard InChI is InChI=1S/C13H19N3O2/c1-10(2)16(7-6-14)11(3)13(17)15-9-12-5-4-8-18-12/h4-5,8,10-11H,7,9H2,1-3H3,(H,15,17). The van der Waals surface area contributed by atoms with Gasteiger partial charge in [0, 0.05) is 6.04 Å². The Kier molecular flexibility index (Phi) is 5.40. The molecule has 1 amide bonds. The molecule has 0 aliphatic rings.